The van der Waals surface area contributed by atoms with Crippen molar-refractivity contribution in [3.8, 4) is 0 Å². The van der Waals surface area contributed by atoms with Crippen LogP contribution in [-0.2, 0) is 18.3 Å². The van der Waals surface area contributed by atoms with Gasteiger partial charge in [-0.1, -0.05) is 30.3 Å². The smallest absolute Gasteiger partial charge is 0.407 e. The molecule has 1 amide bonds. The van der Waals surface area contributed by atoms with Crippen LogP contribution in [0.5, 0.6) is 0 Å². The maximum atomic E-state index is 14.9. The highest BCUT2D eigenvalue weighted by Gasteiger charge is 2.55. The first kappa shape index (κ1) is 25.5. The van der Waals surface area contributed by atoms with Crippen molar-refractivity contribution in [3.05, 3.63) is 35.9 Å². The van der Waals surface area contributed by atoms with Gasteiger partial charge >= 0.3 is 19.4 Å². The minimum absolute atomic E-state index is 0.252. The van der Waals surface area contributed by atoms with Gasteiger partial charge in [0.1, 0.15) is 5.60 Å². The van der Waals surface area contributed by atoms with E-state index in [4.69, 9.17) is 13.8 Å². The number of alkyl halides is 2. The van der Waals surface area contributed by atoms with Gasteiger partial charge in [-0.3, -0.25) is 4.57 Å². The molecule has 0 fully saturated rings. The first-order valence-electron chi connectivity index (χ1n) is 9.34. The van der Waals surface area contributed by atoms with Crippen molar-refractivity contribution < 1.29 is 37.0 Å². The summed E-state index contributed by atoms with van der Waals surface area (Å²) in [5.41, 5.74) is -4.54. The van der Waals surface area contributed by atoms with E-state index >= 15 is 0 Å². The fourth-order valence-corrected chi connectivity index (χ4v) is 4.08. The van der Waals surface area contributed by atoms with E-state index in [1.807, 2.05) is 0 Å². The van der Waals surface area contributed by atoms with Crippen LogP contribution in [0.3, 0.4) is 0 Å². The van der Waals surface area contributed by atoms with Crippen LogP contribution in [0, 0.1) is 0 Å². The van der Waals surface area contributed by atoms with Gasteiger partial charge in [0.05, 0.1) is 25.4 Å². The van der Waals surface area contributed by atoms with Gasteiger partial charge in [-0.25, -0.2) is 4.79 Å². The highest BCUT2D eigenvalue weighted by atomic mass is 31.2. The van der Waals surface area contributed by atoms with Crippen LogP contribution in [0.4, 0.5) is 13.6 Å². The zero-order valence-electron chi connectivity index (χ0n) is 17.4. The minimum Gasteiger partial charge on any atom is -0.444 e. The number of amides is 1. The molecule has 1 rings (SSSR count). The van der Waals surface area contributed by atoms with Gasteiger partial charge in [-0.05, 0) is 40.2 Å². The van der Waals surface area contributed by atoms with Crippen LogP contribution >= 0.6 is 7.60 Å². The van der Waals surface area contributed by atoms with Crippen molar-refractivity contribution in [3.63, 3.8) is 0 Å². The number of aliphatic hydroxyl groups is 1. The second-order valence-electron chi connectivity index (χ2n) is 7.31. The molecule has 2 atom stereocenters. The Labute approximate surface area is 170 Å². The summed E-state index contributed by atoms with van der Waals surface area (Å²) in [6.07, 6.45) is -3.68. The fraction of sp³-hybridized carbons (Fsp3) is 0.632. The topological polar surface area (TPSA) is 94.1 Å². The predicted molar refractivity (Wildman–Crippen MR) is 105 cm³/mol. The maximum Gasteiger partial charge on any atom is 0.407 e. The van der Waals surface area contributed by atoms with Crippen molar-refractivity contribution in [2.75, 3.05) is 13.2 Å². The molecule has 0 bridgehead atoms. The SMILES string of the molecule is CCOP(=O)(OCC)C(F)(F)C[C@@H](NC(=O)OC(C)(C)C)C(O)c1ccccc1. The third-order valence-electron chi connectivity index (χ3n) is 3.69. The van der Waals surface area contributed by atoms with E-state index in [-0.39, 0.29) is 13.2 Å². The zero-order valence-corrected chi connectivity index (χ0v) is 18.2. The molecule has 0 saturated heterocycles. The number of carbonyl (C=O) groups is 1. The highest BCUT2D eigenvalue weighted by molar-refractivity contribution is 7.55. The molecular weight excluding hydrogens is 407 g/mol. The van der Waals surface area contributed by atoms with Crippen molar-refractivity contribution in [1.29, 1.82) is 0 Å². The first-order chi connectivity index (χ1) is 13.3. The predicted octanol–water partition coefficient (Wildman–Crippen LogP) is 4.86. The maximum absolute atomic E-state index is 14.9. The van der Waals surface area contributed by atoms with Crippen molar-refractivity contribution in [2.45, 2.75) is 64.4 Å². The quantitative estimate of drug-likeness (QED) is 0.508. The van der Waals surface area contributed by atoms with Gasteiger partial charge in [0, 0.05) is 6.42 Å². The zero-order chi connectivity index (χ0) is 22.3. The van der Waals surface area contributed by atoms with Crippen LogP contribution in [0.25, 0.3) is 0 Å². The third-order valence-corrected chi connectivity index (χ3v) is 5.87. The Morgan fingerprint density at radius 2 is 1.66 bits per heavy atom. The molecule has 7 nitrogen and oxygen atoms in total. The lowest BCUT2D eigenvalue weighted by molar-refractivity contribution is -0.00246. The molecule has 0 aromatic heterocycles. The summed E-state index contributed by atoms with van der Waals surface area (Å²) in [4.78, 5) is 12.2. The number of halogens is 2. The molecule has 0 aliphatic carbocycles. The normalized spacial score (nSPS) is 14.9. The molecule has 10 heteroatoms. The van der Waals surface area contributed by atoms with Crippen LogP contribution in [0.1, 0.15) is 52.7 Å². The van der Waals surface area contributed by atoms with E-state index in [0.29, 0.717) is 5.56 Å². The second kappa shape index (κ2) is 10.5. The molecule has 1 aromatic rings. The molecule has 1 unspecified atom stereocenters. The number of hydrogen-bond donors (Lipinski definition) is 2. The number of carbonyl (C=O) groups excluding carboxylic acids is 1. The Hall–Kier alpha value is -1.54. The average Bonchev–Trinajstić information content (AvgIpc) is 2.59. The monoisotopic (exact) mass is 437 g/mol. The highest BCUT2D eigenvalue weighted by Crippen LogP contribution is 2.63. The summed E-state index contributed by atoms with van der Waals surface area (Å²) in [5.74, 6) is 0. The summed E-state index contributed by atoms with van der Waals surface area (Å²) in [7, 11) is -4.83. The molecule has 0 aliphatic heterocycles. The summed E-state index contributed by atoms with van der Waals surface area (Å²) in [6, 6.07) is 6.46. The van der Waals surface area contributed by atoms with E-state index in [2.05, 4.69) is 5.32 Å². The van der Waals surface area contributed by atoms with Gasteiger partial charge in [-0.2, -0.15) is 8.78 Å². The number of hydrogen-bond acceptors (Lipinski definition) is 6. The van der Waals surface area contributed by atoms with Crippen LogP contribution < -0.4 is 5.32 Å². The lowest BCUT2D eigenvalue weighted by atomic mass is 10.00. The van der Waals surface area contributed by atoms with Crippen LogP contribution in [0.15, 0.2) is 30.3 Å². The Bertz CT molecular complexity index is 686. The molecule has 1 aromatic carbocycles. The summed E-state index contributed by atoms with van der Waals surface area (Å²) in [6.45, 7) is 7.16. The molecule has 0 spiro atoms. The molecule has 0 saturated carbocycles. The number of aliphatic hydroxyl groups excluding tert-OH is 1. The number of nitrogens with one attached hydrogen (secondary N) is 1. The van der Waals surface area contributed by atoms with Crippen molar-refractivity contribution in [1.82, 2.24) is 5.32 Å². The first-order valence-corrected chi connectivity index (χ1v) is 10.9. The van der Waals surface area contributed by atoms with Gasteiger partial charge < -0.3 is 24.2 Å². The Balaban J connectivity index is 3.18. The number of ether oxygens (including phenoxy) is 1. The van der Waals surface area contributed by atoms with E-state index < -0.39 is 43.5 Å². The van der Waals surface area contributed by atoms with E-state index in [1.54, 1.807) is 39.0 Å². The Morgan fingerprint density at radius 3 is 2.10 bits per heavy atom. The number of rotatable bonds is 10. The van der Waals surface area contributed by atoms with Gasteiger partial charge in [0.15, 0.2) is 0 Å². The molecule has 2 N–H and O–H groups in total. The minimum atomic E-state index is -4.83. The summed E-state index contributed by atoms with van der Waals surface area (Å²) in [5, 5.41) is 12.9. The molecule has 0 aliphatic rings. The van der Waals surface area contributed by atoms with E-state index in [0.717, 1.165) is 0 Å². The summed E-state index contributed by atoms with van der Waals surface area (Å²) >= 11 is 0. The Morgan fingerprint density at radius 1 is 1.14 bits per heavy atom. The van der Waals surface area contributed by atoms with Gasteiger partial charge in [-0.15, -0.1) is 0 Å². The van der Waals surface area contributed by atoms with Crippen LogP contribution in [-0.4, -0.2) is 41.7 Å². The summed E-state index contributed by atoms with van der Waals surface area (Å²) < 4.78 is 57.2. The van der Waals surface area contributed by atoms with E-state index in [1.165, 1.54) is 26.0 Å². The lowest BCUT2D eigenvalue weighted by Crippen LogP contribution is -2.45. The van der Waals surface area contributed by atoms with E-state index in [9.17, 15) is 23.2 Å². The van der Waals surface area contributed by atoms with Crippen molar-refractivity contribution >= 4 is 13.7 Å². The van der Waals surface area contributed by atoms with Crippen molar-refractivity contribution in [2.24, 2.45) is 0 Å². The van der Waals surface area contributed by atoms with Crippen LogP contribution in [0.2, 0.25) is 0 Å². The molecule has 166 valence electrons. The molecule has 29 heavy (non-hydrogen) atoms. The molecular formula is C19H30F2NO6P. The second-order valence-corrected chi connectivity index (χ2v) is 9.48. The number of benzene rings is 1. The standard InChI is InChI=1S/C19H30F2NO6P/c1-6-26-29(25,27-7-2)19(20,21)13-15(22-17(24)28-18(3,4)5)16(23)14-11-9-8-10-12-14/h8-12,15-16,23H,6-7,13H2,1-5H3,(H,22,24)/t15-,16?/m1/s1. The number of alkyl carbamates (subject to hydrolysis) is 1. The fourth-order valence-electron chi connectivity index (χ4n) is 2.53. The molecule has 0 radical (unpaired) electrons. The van der Waals surface area contributed by atoms with Gasteiger partial charge in [0.25, 0.3) is 0 Å². The molecule has 0 heterocycles. The Kier molecular flexibility index (Phi) is 9.21. The lowest BCUT2D eigenvalue weighted by Gasteiger charge is -2.32. The van der Waals surface area contributed by atoms with Gasteiger partial charge in [0.2, 0.25) is 0 Å². The average molecular weight is 437 g/mol. The third kappa shape index (κ3) is 7.66. The largest absolute Gasteiger partial charge is 0.444 e.